The van der Waals surface area contributed by atoms with Crippen LogP contribution in [0, 0.1) is 20.8 Å². The van der Waals surface area contributed by atoms with Crippen LogP contribution in [0.2, 0.25) is 0 Å². The largest absolute Gasteiger partial charge is 0.464 e. The second-order valence-corrected chi connectivity index (χ2v) is 6.44. The summed E-state index contributed by atoms with van der Waals surface area (Å²) >= 11 is 0. The van der Waals surface area contributed by atoms with Gasteiger partial charge in [-0.3, -0.25) is 4.79 Å². The summed E-state index contributed by atoms with van der Waals surface area (Å²) in [6.45, 7) is 8.22. The van der Waals surface area contributed by atoms with E-state index in [1.807, 2.05) is 26.0 Å². The van der Waals surface area contributed by atoms with Crippen molar-refractivity contribution in [3.05, 3.63) is 64.4 Å². The van der Waals surface area contributed by atoms with Crippen molar-refractivity contribution in [1.29, 1.82) is 0 Å². The Bertz CT molecular complexity index is 882. The third kappa shape index (κ3) is 3.21. The van der Waals surface area contributed by atoms with Gasteiger partial charge in [0, 0.05) is 16.6 Å². The minimum atomic E-state index is -0.0210. The zero-order chi connectivity index (χ0) is 17.3. The van der Waals surface area contributed by atoms with E-state index in [0.717, 1.165) is 39.8 Å². The fourth-order valence-electron chi connectivity index (χ4n) is 3.22. The van der Waals surface area contributed by atoms with Crippen molar-refractivity contribution >= 4 is 22.6 Å². The normalized spacial score (nSPS) is 11.0. The fourth-order valence-corrected chi connectivity index (χ4v) is 3.22. The van der Waals surface area contributed by atoms with Crippen molar-refractivity contribution in [2.75, 3.05) is 5.32 Å². The summed E-state index contributed by atoms with van der Waals surface area (Å²) in [5, 5.41) is 4.06. The smallest absolute Gasteiger partial charge is 0.228 e. The SMILES string of the molecule is CCc1ccc2c(CC(=O)Nc3c(C)cc(C)cc3C)coc2c1. The Hall–Kier alpha value is -2.55. The van der Waals surface area contributed by atoms with Crippen LogP contribution in [0.4, 0.5) is 5.69 Å². The van der Waals surface area contributed by atoms with Crippen molar-refractivity contribution in [2.24, 2.45) is 0 Å². The van der Waals surface area contributed by atoms with Crippen molar-refractivity contribution in [1.82, 2.24) is 0 Å². The lowest BCUT2D eigenvalue weighted by Gasteiger charge is -2.12. The first-order valence-corrected chi connectivity index (χ1v) is 8.34. The summed E-state index contributed by atoms with van der Waals surface area (Å²) in [5.41, 5.74) is 7.30. The van der Waals surface area contributed by atoms with Gasteiger partial charge in [0.05, 0.1) is 12.7 Å². The number of carbonyl (C=O) groups excluding carboxylic acids is 1. The third-order valence-corrected chi connectivity index (χ3v) is 4.42. The maximum atomic E-state index is 12.5. The maximum absolute atomic E-state index is 12.5. The van der Waals surface area contributed by atoms with Gasteiger partial charge in [0.15, 0.2) is 0 Å². The van der Waals surface area contributed by atoms with Gasteiger partial charge in [-0.05, 0) is 49.9 Å². The Morgan fingerprint density at radius 2 is 1.79 bits per heavy atom. The van der Waals surface area contributed by atoms with Gasteiger partial charge in [0.25, 0.3) is 0 Å². The first kappa shape index (κ1) is 16.3. The number of hydrogen-bond acceptors (Lipinski definition) is 2. The molecule has 0 unspecified atom stereocenters. The average Bonchev–Trinajstić information content (AvgIpc) is 2.93. The van der Waals surface area contributed by atoms with Crippen LogP contribution in [-0.4, -0.2) is 5.91 Å². The molecule has 0 aliphatic heterocycles. The second-order valence-electron chi connectivity index (χ2n) is 6.44. The van der Waals surface area contributed by atoms with E-state index in [9.17, 15) is 4.79 Å². The number of benzene rings is 2. The summed E-state index contributed by atoms with van der Waals surface area (Å²) in [7, 11) is 0. The van der Waals surface area contributed by atoms with E-state index in [1.165, 1.54) is 11.1 Å². The lowest BCUT2D eigenvalue weighted by molar-refractivity contribution is -0.115. The van der Waals surface area contributed by atoms with Crippen LogP contribution in [0.1, 0.15) is 34.7 Å². The molecule has 124 valence electrons. The molecule has 1 heterocycles. The Morgan fingerprint density at radius 3 is 2.46 bits per heavy atom. The molecule has 2 aromatic carbocycles. The Kier molecular flexibility index (Phi) is 4.43. The van der Waals surface area contributed by atoms with E-state index < -0.39 is 0 Å². The highest BCUT2D eigenvalue weighted by Gasteiger charge is 2.13. The molecular formula is C21H23NO2. The molecule has 0 saturated carbocycles. The highest BCUT2D eigenvalue weighted by atomic mass is 16.3. The standard InChI is InChI=1S/C21H23NO2/c1-5-16-6-7-18-17(12-24-19(18)10-16)11-20(23)22-21-14(3)8-13(2)9-15(21)4/h6-10,12H,5,11H2,1-4H3,(H,22,23). The van der Waals surface area contributed by atoms with Gasteiger partial charge in [-0.25, -0.2) is 0 Å². The van der Waals surface area contributed by atoms with Gasteiger partial charge >= 0.3 is 0 Å². The molecule has 3 rings (SSSR count). The number of hydrogen-bond donors (Lipinski definition) is 1. The molecule has 24 heavy (non-hydrogen) atoms. The molecule has 1 N–H and O–H groups in total. The monoisotopic (exact) mass is 321 g/mol. The van der Waals surface area contributed by atoms with Crippen molar-refractivity contribution in [3.8, 4) is 0 Å². The van der Waals surface area contributed by atoms with E-state index >= 15 is 0 Å². The molecule has 0 bridgehead atoms. The molecule has 0 atom stereocenters. The minimum Gasteiger partial charge on any atom is -0.464 e. The molecule has 3 aromatic rings. The van der Waals surface area contributed by atoms with Gasteiger partial charge in [-0.15, -0.1) is 0 Å². The Labute approximate surface area is 142 Å². The number of carbonyl (C=O) groups is 1. The highest BCUT2D eigenvalue weighted by molar-refractivity contribution is 5.96. The third-order valence-electron chi connectivity index (χ3n) is 4.42. The van der Waals surface area contributed by atoms with Crippen LogP contribution in [0.25, 0.3) is 11.0 Å². The molecule has 0 radical (unpaired) electrons. The molecule has 0 aliphatic rings. The first-order valence-electron chi connectivity index (χ1n) is 8.34. The van der Waals surface area contributed by atoms with Gasteiger partial charge in [0.1, 0.15) is 5.58 Å². The molecule has 1 aromatic heterocycles. The Morgan fingerprint density at radius 1 is 1.08 bits per heavy atom. The number of rotatable bonds is 4. The van der Waals surface area contributed by atoms with Crippen molar-refractivity contribution in [2.45, 2.75) is 40.5 Å². The minimum absolute atomic E-state index is 0.0210. The molecular weight excluding hydrogens is 298 g/mol. The summed E-state index contributed by atoms with van der Waals surface area (Å²) < 4.78 is 5.63. The van der Waals surface area contributed by atoms with E-state index in [1.54, 1.807) is 6.26 Å². The zero-order valence-electron chi connectivity index (χ0n) is 14.7. The maximum Gasteiger partial charge on any atom is 0.228 e. The lowest BCUT2D eigenvalue weighted by atomic mass is 10.0. The van der Waals surface area contributed by atoms with Crippen molar-refractivity contribution < 1.29 is 9.21 Å². The summed E-state index contributed by atoms with van der Waals surface area (Å²) in [6.07, 6.45) is 2.97. The van der Waals surface area contributed by atoms with Crippen LogP contribution in [0.5, 0.6) is 0 Å². The molecule has 0 spiro atoms. The molecule has 0 fully saturated rings. The molecule has 3 nitrogen and oxygen atoms in total. The summed E-state index contributed by atoms with van der Waals surface area (Å²) in [4.78, 5) is 12.5. The Balaban J connectivity index is 1.81. The molecule has 0 aliphatic carbocycles. The first-order chi connectivity index (χ1) is 11.5. The van der Waals surface area contributed by atoms with Crippen LogP contribution in [-0.2, 0) is 17.6 Å². The van der Waals surface area contributed by atoms with E-state index in [0.29, 0.717) is 6.42 Å². The van der Waals surface area contributed by atoms with E-state index in [2.05, 4.69) is 37.4 Å². The van der Waals surface area contributed by atoms with Crippen LogP contribution < -0.4 is 5.32 Å². The zero-order valence-corrected chi connectivity index (χ0v) is 14.7. The van der Waals surface area contributed by atoms with Crippen LogP contribution >= 0.6 is 0 Å². The number of fused-ring (bicyclic) bond motifs is 1. The molecule has 1 amide bonds. The highest BCUT2D eigenvalue weighted by Crippen LogP contribution is 2.25. The van der Waals surface area contributed by atoms with E-state index in [4.69, 9.17) is 4.42 Å². The number of furan rings is 1. The summed E-state index contributed by atoms with van der Waals surface area (Å²) in [5.74, 6) is -0.0210. The number of amides is 1. The topological polar surface area (TPSA) is 42.2 Å². The second kappa shape index (κ2) is 6.52. The summed E-state index contributed by atoms with van der Waals surface area (Å²) in [6, 6.07) is 10.4. The number of aryl methyl sites for hydroxylation is 4. The van der Waals surface area contributed by atoms with E-state index in [-0.39, 0.29) is 5.91 Å². The fraction of sp³-hybridized carbons (Fsp3) is 0.286. The number of nitrogens with one attached hydrogen (secondary N) is 1. The predicted molar refractivity (Wildman–Crippen MR) is 98.6 cm³/mol. The van der Waals surface area contributed by atoms with Gasteiger partial charge in [-0.1, -0.05) is 36.8 Å². The van der Waals surface area contributed by atoms with Gasteiger partial charge in [0.2, 0.25) is 5.91 Å². The lowest BCUT2D eigenvalue weighted by Crippen LogP contribution is -2.16. The predicted octanol–water partition coefficient (Wildman–Crippen LogP) is 5.10. The molecule has 3 heteroatoms. The average molecular weight is 321 g/mol. The van der Waals surface area contributed by atoms with Crippen LogP contribution in [0.15, 0.2) is 41.0 Å². The van der Waals surface area contributed by atoms with Crippen molar-refractivity contribution in [3.63, 3.8) is 0 Å². The van der Waals surface area contributed by atoms with Gasteiger partial charge < -0.3 is 9.73 Å². The van der Waals surface area contributed by atoms with Crippen LogP contribution in [0.3, 0.4) is 0 Å². The quantitative estimate of drug-likeness (QED) is 0.726. The molecule has 0 saturated heterocycles. The number of anilines is 1. The van der Waals surface area contributed by atoms with Gasteiger partial charge in [-0.2, -0.15) is 0 Å².